The predicted octanol–water partition coefficient (Wildman–Crippen LogP) is 4.33. The van der Waals surface area contributed by atoms with Gasteiger partial charge in [-0.25, -0.2) is 4.79 Å². The number of hydrogen-bond donors (Lipinski definition) is 0. The maximum absolute atomic E-state index is 12.7. The van der Waals surface area contributed by atoms with Gasteiger partial charge in [-0.15, -0.1) is 0 Å². The van der Waals surface area contributed by atoms with Crippen molar-refractivity contribution in [1.29, 1.82) is 0 Å². The fourth-order valence-electron chi connectivity index (χ4n) is 3.68. The highest BCUT2D eigenvalue weighted by Gasteiger charge is 2.21. The van der Waals surface area contributed by atoms with Crippen LogP contribution in [0.5, 0.6) is 0 Å². The van der Waals surface area contributed by atoms with Crippen molar-refractivity contribution in [2.75, 3.05) is 6.61 Å². The maximum Gasteiger partial charge on any atom is 0.340 e. The lowest BCUT2D eigenvalue weighted by Crippen LogP contribution is -2.17. The zero-order chi connectivity index (χ0) is 19.7. The molecule has 0 spiro atoms. The van der Waals surface area contributed by atoms with Gasteiger partial charge in [0.15, 0.2) is 6.61 Å². The van der Waals surface area contributed by atoms with Gasteiger partial charge < -0.3 is 9.30 Å². The molecule has 0 N–H and O–H groups in total. The normalized spacial score (nSPS) is 11.0. The Bertz CT molecular complexity index is 1050. The quantitative estimate of drug-likeness (QED) is 0.499. The molecule has 2 heterocycles. The molecule has 0 fully saturated rings. The summed E-state index contributed by atoms with van der Waals surface area (Å²) >= 11 is 0. The minimum atomic E-state index is -0.513. The topological polar surface area (TPSA) is 61.2 Å². The lowest BCUT2D eigenvalue weighted by Gasteiger charge is -2.12. The Labute approximate surface area is 159 Å². The Balaban J connectivity index is 1.82. The van der Waals surface area contributed by atoms with Crippen LogP contribution in [0.1, 0.15) is 50.3 Å². The number of benzene rings is 1. The number of hydrogen-bond acceptors (Lipinski definition) is 4. The minimum absolute atomic E-state index is 0.194. The molecular formula is C22H24N2O3. The molecule has 0 atom stereocenters. The zero-order valence-corrected chi connectivity index (χ0v) is 16.4. The molecule has 0 saturated heterocycles. The molecule has 0 aliphatic heterocycles. The number of esters is 1. The molecule has 3 aromatic rings. The van der Waals surface area contributed by atoms with E-state index in [1.165, 1.54) is 0 Å². The molecule has 5 heteroatoms. The van der Waals surface area contributed by atoms with Gasteiger partial charge >= 0.3 is 5.97 Å². The van der Waals surface area contributed by atoms with Crippen LogP contribution >= 0.6 is 0 Å². The largest absolute Gasteiger partial charge is 0.454 e. The van der Waals surface area contributed by atoms with E-state index in [1.54, 1.807) is 6.92 Å². The molecule has 3 rings (SSSR count). The third-order valence-corrected chi connectivity index (χ3v) is 5.06. The van der Waals surface area contributed by atoms with Gasteiger partial charge in [0, 0.05) is 28.9 Å². The van der Waals surface area contributed by atoms with Gasteiger partial charge in [0.2, 0.25) is 5.78 Å². The zero-order valence-electron chi connectivity index (χ0n) is 16.4. The van der Waals surface area contributed by atoms with E-state index < -0.39 is 5.97 Å². The summed E-state index contributed by atoms with van der Waals surface area (Å²) in [7, 11) is 0. The van der Waals surface area contributed by atoms with Crippen molar-refractivity contribution >= 4 is 22.7 Å². The Morgan fingerprint density at radius 3 is 2.48 bits per heavy atom. The highest BCUT2D eigenvalue weighted by Crippen LogP contribution is 2.23. The number of ketones is 1. The number of aryl methyl sites for hydroxylation is 3. The SMILES string of the molecule is CCn1c(C)cc(C(=O)COC(=O)c2c(C)nc3ccccc3c2C)c1C. The van der Waals surface area contributed by atoms with Crippen molar-refractivity contribution in [3.8, 4) is 0 Å². The standard InChI is InChI=1S/C22H24N2O3/c1-6-24-13(2)11-18(16(24)5)20(25)12-27-22(26)21-14(3)17-9-7-8-10-19(17)23-15(21)4/h7-11H,6,12H2,1-5H3. The summed E-state index contributed by atoms with van der Waals surface area (Å²) in [4.78, 5) is 29.7. The van der Waals surface area contributed by atoms with E-state index >= 15 is 0 Å². The second-order valence-electron chi connectivity index (χ2n) is 6.74. The van der Waals surface area contributed by atoms with Crippen LogP contribution in [-0.2, 0) is 11.3 Å². The van der Waals surface area contributed by atoms with Gasteiger partial charge in [-0.05, 0) is 52.3 Å². The Kier molecular flexibility index (Phi) is 5.13. The second-order valence-corrected chi connectivity index (χ2v) is 6.74. The van der Waals surface area contributed by atoms with Crippen LogP contribution in [0.2, 0.25) is 0 Å². The van der Waals surface area contributed by atoms with E-state index in [-0.39, 0.29) is 12.4 Å². The van der Waals surface area contributed by atoms with Gasteiger partial charge in [-0.3, -0.25) is 9.78 Å². The molecule has 0 aliphatic rings. The lowest BCUT2D eigenvalue weighted by molar-refractivity contribution is 0.0472. The van der Waals surface area contributed by atoms with Crippen molar-refractivity contribution in [3.05, 3.63) is 64.1 Å². The lowest BCUT2D eigenvalue weighted by atomic mass is 10.0. The fourth-order valence-corrected chi connectivity index (χ4v) is 3.68. The van der Waals surface area contributed by atoms with Gasteiger partial charge in [0.05, 0.1) is 16.8 Å². The van der Waals surface area contributed by atoms with Gasteiger partial charge in [-0.2, -0.15) is 0 Å². The molecule has 5 nitrogen and oxygen atoms in total. The molecule has 0 bridgehead atoms. The molecule has 0 saturated carbocycles. The van der Waals surface area contributed by atoms with Crippen LogP contribution in [0.15, 0.2) is 30.3 Å². The summed E-state index contributed by atoms with van der Waals surface area (Å²) in [6, 6.07) is 9.52. The minimum Gasteiger partial charge on any atom is -0.454 e. The van der Waals surface area contributed by atoms with Gasteiger partial charge in [0.25, 0.3) is 0 Å². The van der Waals surface area contributed by atoms with Crippen LogP contribution in [0.3, 0.4) is 0 Å². The number of carbonyl (C=O) groups excluding carboxylic acids is 2. The second kappa shape index (κ2) is 7.35. The number of rotatable bonds is 5. The summed E-state index contributed by atoms with van der Waals surface area (Å²) in [5, 5.41) is 0.910. The van der Waals surface area contributed by atoms with Crippen molar-refractivity contribution in [2.24, 2.45) is 0 Å². The first-order chi connectivity index (χ1) is 12.8. The van der Waals surface area contributed by atoms with E-state index in [1.807, 2.05) is 58.0 Å². The summed E-state index contributed by atoms with van der Waals surface area (Å²) in [6.07, 6.45) is 0. The summed E-state index contributed by atoms with van der Waals surface area (Å²) in [5.41, 5.74) is 5.22. The van der Waals surface area contributed by atoms with E-state index in [0.29, 0.717) is 16.8 Å². The maximum atomic E-state index is 12.7. The highest BCUT2D eigenvalue weighted by atomic mass is 16.5. The van der Waals surface area contributed by atoms with Crippen molar-refractivity contribution in [1.82, 2.24) is 9.55 Å². The van der Waals surface area contributed by atoms with Gasteiger partial charge in [-0.1, -0.05) is 18.2 Å². The first-order valence-corrected chi connectivity index (χ1v) is 9.08. The molecule has 0 unspecified atom stereocenters. The number of Topliss-reactive ketones (excluding diaryl/α,β-unsaturated/α-hetero) is 1. The number of para-hydroxylation sites is 1. The number of pyridine rings is 1. The number of carbonyl (C=O) groups is 2. The third-order valence-electron chi connectivity index (χ3n) is 5.06. The molecule has 27 heavy (non-hydrogen) atoms. The van der Waals surface area contributed by atoms with E-state index in [2.05, 4.69) is 9.55 Å². The molecule has 0 aliphatic carbocycles. The smallest absolute Gasteiger partial charge is 0.340 e. The Morgan fingerprint density at radius 2 is 1.81 bits per heavy atom. The van der Waals surface area contributed by atoms with Crippen molar-refractivity contribution in [3.63, 3.8) is 0 Å². The molecule has 0 amide bonds. The van der Waals surface area contributed by atoms with Gasteiger partial charge in [0.1, 0.15) is 0 Å². The van der Waals surface area contributed by atoms with Crippen LogP contribution in [-0.4, -0.2) is 27.9 Å². The molecule has 1 aromatic carbocycles. The fraction of sp³-hybridized carbons (Fsp3) is 0.318. The molecule has 2 aromatic heterocycles. The molecular weight excluding hydrogens is 340 g/mol. The average molecular weight is 364 g/mol. The third kappa shape index (κ3) is 3.37. The van der Waals surface area contributed by atoms with Crippen molar-refractivity contribution in [2.45, 2.75) is 41.2 Å². The molecule has 140 valence electrons. The number of nitrogens with zero attached hydrogens (tertiary/aromatic N) is 2. The summed E-state index contributed by atoms with van der Waals surface area (Å²) in [5.74, 6) is -0.707. The van der Waals surface area contributed by atoms with Crippen LogP contribution in [0, 0.1) is 27.7 Å². The number of fused-ring (bicyclic) bond motifs is 1. The van der Waals surface area contributed by atoms with E-state index in [4.69, 9.17) is 4.74 Å². The number of aromatic nitrogens is 2. The predicted molar refractivity (Wildman–Crippen MR) is 105 cm³/mol. The molecule has 0 radical (unpaired) electrons. The highest BCUT2D eigenvalue weighted by molar-refractivity contribution is 6.02. The van der Waals surface area contributed by atoms with E-state index in [9.17, 15) is 9.59 Å². The van der Waals surface area contributed by atoms with E-state index in [0.717, 1.165) is 34.4 Å². The first kappa shape index (κ1) is 18.8. The van der Waals surface area contributed by atoms with Crippen LogP contribution in [0.4, 0.5) is 0 Å². The average Bonchev–Trinajstić information content (AvgIpc) is 2.93. The Morgan fingerprint density at radius 1 is 1.11 bits per heavy atom. The monoisotopic (exact) mass is 364 g/mol. The van der Waals surface area contributed by atoms with Crippen LogP contribution in [0.25, 0.3) is 10.9 Å². The Hall–Kier alpha value is -2.95. The van der Waals surface area contributed by atoms with Crippen molar-refractivity contribution < 1.29 is 14.3 Å². The summed E-state index contributed by atoms with van der Waals surface area (Å²) < 4.78 is 7.42. The summed E-state index contributed by atoms with van der Waals surface area (Å²) in [6.45, 7) is 10.1. The first-order valence-electron chi connectivity index (χ1n) is 9.08. The number of ether oxygens (including phenoxy) is 1. The van der Waals surface area contributed by atoms with Crippen LogP contribution < -0.4 is 0 Å².